The van der Waals surface area contributed by atoms with Gasteiger partial charge in [-0.2, -0.15) is 17.6 Å². The second kappa shape index (κ2) is 3.63. The van der Waals surface area contributed by atoms with Crippen molar-refractivity contribution in [1.82, 2.24) is 0 Å². The summed E-state index contributed by atoms with van der Waals surface area (Å²) in [5.41, 5.74) is -3.45. The average molecular weight is 228 g/mol. The number of hydrogen-bond acceptors (Lipinski definition) is 0. The fourth-order valence-corrected chi connectivity index (χ4v) is 1.12. The van der Waals surface area contributed by atoms with Crippen LogP contribution in [0.3, 0.4) is 0 Å². The maximum atomic E-state index is 13.7. The van der Waals surface area contributed by atoms with Gasteiger partial charge in [0.25, 0.3) is 0 Å². The Labute approximate surface area is 89.1 Å². The van der Waals surface area contributed by atoms with E-state index in [1.54, 1.807) is 0 Å². The first kappa shape index (κ1) is 14.7. The number of rotatable bonds is 3. The highest BCUT2D eigenvalue weighted by Gasteiger charge is 2.68. The molecule has 0 saturated carbocycles. The van der Waals surface area contributed by atoms with Gasteiger partial charge in [0.15, 0.2) is 0 Å². The molecule has 0 rings (SSSR count). The molecule has 0 heterocycles. The zero-order valence-electron chi connectivity index (χ0n) is 10.2. The number of hydrogen-bond donors (Lipinski definition) is 0. The van der Waals surface area contributed by atoms with Gasteiger partial charge in [-0.15, -0.1) is 0 Å². The fraction of sp³-hybridized carbons (Fsp3) is 1.00. The smallest absolute Gasteiger partial charge is 0.199 e. The van der Waals surface area contributed by atoms with Crippen LogP contribution in [0.15, 0.2) is 0 Å². The van der Waals surface area contributed by atoms with E-state index in [2.05, 4.69) is 0 Å². The summed E-state index contributed by atoms with van der Waals surface area (Å²) in [5.74, 6) is -8.02. The van der Waals surface area contributed by atoms with Crippen LogP contribution in [0.1, 0.15) is 48.0 Å². The van der Waals surface area contributed by atoms with Crippen molar-refractivity contribution < 1.29 is 17.6 Å². The third kappa shape index (κ3) is 2.13. The minimum absolute atomic E-state index is 0.00563. The molecule has 0 spiro atoms. The molecule has 0 aliphatic rings. The van der Waals surface area contributed by atoms with Gasteiger partial charge in [0.1, 0.15) is 0 Å². The second-order valence-electron chi connectivity index (χ2n) is 5.64. The highest BCUT2D eigenvalue weighted by atomic mass is 19.3. The highest BCUT2D eigenvalue weighted by Crippen LogP contribution is 2.55. The summed E-state index contributed by atoms with van der Waals surface area (Å²) < 4.78 is 54.7. The lowest BCUT2D eigenvalue weighted by Gasteiger charge is -2.44. The summed E-state index contributed by atoms with van der Waals surface area (Å²) in [6.45, 7) is 7.23. The van der Waals surface area contributed by atoms with E-state index in [4.69, 9.17) is 0 Å². The topological polar surface area (TPSA) is 0 Å². The molecule has 0 amide bonds. The molecule has 15 heavy (non-hydrogen) atoms. The first-order chi connectivity index (χ1) is 6.31. The summed E-state index contributed by atoms with van der Waals surface area (Å²) >= 11 is 0. The van der Waals surface area contributed by atoms with E-state index >= 15 is 0 Å². The Kier molecular flexibility index (Phi) is 3.56. The summed E-state index contributed by atoms with van der Waals surface area (Å²) in [6.07, 6.45) is 0.00563. The Morgan fingerprint density at radius 1 is 0.733 bits per heavy atom. The monoisotopic (exact) mass is 228 g/mol. The molecule has 0 saturated heterocycles. The lowest BCUT2D eigenvalue weighted by molar-refractivity contribution is -0.299. The van der Waals surface area contributed by atoms with Gasteiger partial charge < -0.3 is 0 Å². The molecule has 0 atom stereocenters. The van der Waals surface area contributed by atoms with Crippen molar-refractivity contribution in [2.45, 2.75) is 59.8 Å². The van der Waals surface area contributed by atoms with Crippen molar-refractivity contribution in [2.24, 2.45) is 10.8 Å². The van der Waals surface area contributed by atoms with E-state index in [1.165, 1.54) is 20.8 Å². The van der Waals surface area contributed by atoms with Gasteiger partial charge in [0.05, 0.1) is 0 Å². The van der Waals surface area contributed by atoms with E-state index in [-0.39, 0.29) is 6.42 Å². The third-order valence-corrected chi connectivity index (χ3v) is 3.07. The Balaban J connectivity index is 5.38. The van der Waals surface area contributed by atoms with E-state index < -0.39 is 22.7 Å². The van der Waals surface area contributed by atoms with Crippen LogP contribution in [-0.4, -0.2) is 11.8 Å². The van der Waals surface area contributed by atoms with E-state index in [9.17, 15) is 17.6 Å². The number of halogens is 4. The van der Waals surface area contributed by atoms with Crippen molar-refractivity contribution >= 4 is 0 Å². The van der Waals surface area contributed by atoms with Gasteiger partial charge in [-0.1, -0.05) is 41.5 Å². The lowest BCUT2D eigenvalue weighted by atomic mass is 9.72. The molecular weight excluding hydrogens is 208 g/mol. The summed E-state index contributed by atoms with van der Waals surface area (Å²) in [7, 11) is 0. The first-order valence-corrected chi connectivity index (χ1v) is 5.07. The summed E-state index contributed by atoms with van der Waals surface area (Å²) in [4.78, 5) is 0. The van der Waals surface area contributed by atoms with Gasteiger partial charge in [0.2, 0.25) is 0 Å². The Morgan fingerprint density at radius 3 is 1.27 bits per heavy atom. The second-order valence-corrected chi connectivity index (χ2v) is 5.64. The molecule has 0 N–H and O–H groups in total. The van der Waals surface area contributed by atoms with Crippen LogP contribution < -0.4 is 0 Å². The van der Waals surface area contributed by atoms with Crippen LogP contribution in [0, 0.1) is 10.8 Å². The quantitative estimate of drug-likeness (QED) is 0.612. The van der Waals surface area contributed by atoms with Crippen LogP contribution in [0.4, 0.5) is 17.6 Å². The predicted molar refractivity (Wildman–Crippen MR) is 53.4 cm³/mol. The molecule has 0 aliphatic carbocycles. The fourth-order valence-electron chi connectivity index (χ4n) is 1.12. The van der Waals surface area contributed by atoms with Crippen molar-refractivity contribution in [3.63, 3.8) is 0 Å². The predicted octanol–water partition coefficient (Wildman–Crippen LogP) is 4.74. The van der Waals surface area contributed by atoms with E-state index in [0.717, 1.165) is 20.8 Å². The zero-order valence-corrected chi connectivity index (χ0v) is 10.2. The molecule has 0 bridgehead atoms. The van der Waals surface area contributed by atoms with E-state index in [0.29, 0.717) is 0 Å². The Bertz CT molecular complexity index is 223. The molecule has 0 aliphatic heterocycles. The van der Waals surface area contributed by atoms with Crippen LogP contribution in [-0.2, 0) is 0 Å². The van der Waals surface area contributed by atoms with Gasteiger partial charge in [0, 0.05) is 10.8 Å². The normalized spacial score (nSPS) is 15.6. The van der Waals surface area contributed by atoms with Crippen LogP contribution >= 0.6 is 0 Å². The third-order valence-electron chi connectivity index (χ3n) is 3.07. The molecule has 4 heteroatoms. The van der Waals surface area contributed by atoms with Crippen molar-refractivity contribution in [1.29, 1.82) is 0 Å². The standard InChI is InChI=1S/C11H20F4/c1-7-9(5,6)11(14,15)10(12,13)8(2,3)4/h7H2,1-6H3. The number of alkyl halides is 4. The Morgan fingerprint density at radius 2 is 1.07 bits per heavy atom. The Hall–Kier alpha value is -0.280. The molecule has 0 nitrogen and oxygen atoms in total. The largest absolute Gasteiger partial charge is 0.315 e. The molecule has 0 aromatic heterocycles. The summed E-state index contributed by atoms with van der Waals surface area (Å²) in [5, 5.41) is 0. The SMILES string of the molecule is CCC(C)(C)C(F)(F)C(F)(F)C(C)(C)C. The van der Waals surface area contributed by atoms with Crippen molar-refractivity contribution in [3.05, 3.63) is 0 Å². The molecule has 0 unspecified atom stereocenters. The van der Waals surface area contributed by atoms with Crippen LogP contribution in [0.5, 0.6) is 0 Å². The maximum absolute atomic E-state index is 13.7. The minimum atomic E-state index is -4.01. The van der Waals surface area contributed by atoms with Crippen molar-refractivity contribution in [2.75, 3.05) is 0 Å². The van der Waals surface area contributed by atoms with Gasteiger partial charge in [-0.25, -0.2) is 0 Å². The van der Waals surface area contributed by atoms with Gasteiger partial charge in [-0.05, 0) is 6.42 Å². The van der Waals surface area contributed by atoms with Gasteiger partial charge in [-0.3, -0.25) is 0 Å². The van der Waals surface area contributed by atoms with Crippen LogP contribution in [0.25, 0.3) is 0 Å². The maximum Gasteiger partial charge on any atom is 0.315 e. The zero-order chi connectivity index (χ0) is 12.7. The van der Waals surface area contributed by atoms with Crippen molar-refractivity contribution in [3.8, 4) is 0 Å². The molecule has 0 aromatic carbocycles. The first-order valence-electron chi connectivity index (χ1n) is 5.07. The molecule has 92 valence electrons. The lowest BCUT2D eigenvalue weighted by Crippen LogP contribution is -2.57. The minimum Gasteiger partial charge on any atom is -0.199 e. The average Bonchev–Trinajstić information content (AvgIpc) is 2.01. The van der Waals surface area contributed by atoms with E-state index in [1.807, 2.05) is 0 Å². The summed E-state index contributed by atoms with van der Waals surface area (Å²) in [6, 6.07) is 0. The molecule has 0 fully saturated rings. The van der Waals surface area contributed by atoms with Crippen LogP contribution in [0.2, 0.25) is 0 Å². The molecule has 0 aromatic rings. The molecular formula is C11H20F4. The highest BCUT2D eigenvalue weighted by molar-refractivity contribution is 5.01. The molecule has 0 radical (unpaired) electrons. The van der Waals surface area contributed by atoms with Gasteiger partial charge >= 0.3 is 11.8 Å².